The molecule has 28 heavy (non-hydrogen) atoms. The zero-order chi connectivity index (χ0) is 18.3. The lowest BCUT2D eigenvalue weighted by Crippen LogP contribution is -2.38. The summed E-state index contributed by atoms with van der Waals surface area (Å²) in [4.78, 5) is 17.8. The molecular formula is C23H23ClN2O2. The van der Waals surface area contributed by atoms with Crippen LogP contribution in [0.2, 0.25) is 0 Å². The van der Waals surface area contributed by atoms with Crippen molar-refractivity contribution in [3.8, 4) is 0 Å². The van der Waals surface area contributed by atoms with Gasteiger partial charge in [0.05, 0.1) is 6.54 Å². The van der Waals surface area contributed by atoms with E-state index in [1.165, 1.54) is 0 Å². The van der Waals surface area contributed by atoms with Gasteiger partial charge in [0.15, 0.2) is 0 Å². The molecule has 2 unspecified atom stereocenters. The van der Waals surface area contributed by atoms with Gasteiger partial charge in [-0.25, -0.2) is 0 Å². The highest BCUT2D eigenvalue weighted by Gasteiger charge is 2.52. The molecule has 0 aromatic heterocycles. The van der Waals surface area contributed by atoms with Crippen LogP contribution in [0.5, 0.6) is 0 Å². The number of carbonyl (C=O) groups is 1. The number of halogens is 1. The number of nitrogens with zero attached hydrogens (tertiary/aromatic N) is 2. The Hall–Kier alpha value is -2.72. The first-order chi connectivity index (χ1) is 13.3. The maximum Gasteiger partial charge on any atom is 0.321 e. The van der Waals surface area contributed by atoms with Gasteiger partial charge < -0.3 is 14.5 Å². The molecule has 5 heteroatoms. The van der Waals surface area contributed by atoms with Gasteiger partial charge in [-0.2, -0.15) is 0 Å². The van der Waals surface area contributed by atoms with Crippen molar-refractivity contribution in [2.75, 3.05) is 13.1 Å². The Kier molecular flexibility index (Phi) is 4.90. The van der Waals surface area contributed by atoms with Gasteiger partial charge in [-0.1, -0.05) is 66.7 Å². The van der Waals surface area contributed by atoms with E-state index in [1.54, 1.807) is 0 Å². The summed E-state index contributed by atoms with van der Waals surface area (Å²) >= 11 is 0. The number of hydrogen-bond acceptors (Lipinski definition) is 4. The number of benzene rings is 2. The van der Waals surface area contributed by atoms with Crippen molar-refractivity contribution in [1.82, 2.24) is 9.80 Å². The van der Waals surface area contributed by atoms with Crippen LogP contribution >= 0.6 is 12.4 Å². The van der Waals surface area contributed by atoms with Gasteiger partial charge >= 0.3 is 5.97 Å². The van der Waals surface area contributed by atoms with Crippen LogP contribution in [0.1, 0.15) is 17.5 Å². The molecule has 2 aromatic carbocycles. The predicted molar refractivity (Wildman–Crippen MR) is 111 cm³/mol. The van der Waals surface area contributed by atoms with Gasteiger partial charge in [0.25, 0.3) is 0 Å². The van der Waals surface area contributed by atoms with Crippen LogP contribution in [0.3, 0.4) is 0 Å². The molecule has 0 radical (unpaired) electrons. The van der Waals surface area contributed by atoms with E-state index in [2.05, 4.69) is 34.4 Å². The number of carbonyl (C=O) groups excluding carboxylic acids is 1. The van der Waals surface area contributed by atoms with E-state index in [-0.39, 0.29) is 30.6 Å². The molecule has 0 aliphatic carbocycles. The lowest BCUT2D eigenvalue weighted by atomic mass is 9.72. The standard InChI is InChI=1S/C23H22N2O2.ClH/c26-22-23(18-8-3-1-4-9-18,19-10-5-2-6-11-19)16-20(27-22)17-25-15-14-24-13-7-12-21(24)25;/h1-12,14-15,20-21H,13,16-17H2;1H. The van der Waals surface area contributed by atoms with Crippen LogP contribution in [0.4, 0.5) is 0 Å². The summed E-state index contributed by atoms with van der Waals surface area (Å²) in [6.07, 6.45) is 9.37. The van der Waals surface area contributed by atoms with Crippen LogP contribution in [-0.2, 0) is 14.9 Å². The molecule has 4 nitrogen and oxygen atoms in total. The van der Waals surface area contributed by atoms with Crippen LogP contribution in [-0.4, -0.2) is 41.1 Å². The molecule has 0 saturated carbocycles. The summed E-state index contributed by atoms with van der Waals surface area (Å²) < 4.78 is 5.94. The van der Waals surface area contributed by atoms with Gasteiger partial charge in [0.2, 0.25) is 0 Å². The monoisotopic (exact) mass is 394 g/mol. The zero-order valence-electron chi connectivity index (χ0n) is 15.5. The van der Waals surface area contributed by atoms with E-state index in [0.29, 0.717) is 13.0 Å². The maximum atomic E-state index is 13.2. The minimum absolute atomic E-state index is 0. The van der Waals surface area contributed by atoms with Crippen LogP contribution in [0, 0.1) is 0 Å². The van der Waals surface area contributed by atoms with E-state index < -0.39 is 5.41 Å². The number of cyclic esters (lactones) is 1. The molecule has 0 amide bonds. The maximum absolute atomic E-state index is 13.2. The summed E-state index contributed by atoms with van der Waals surface area (Å²) in [7, 11) is 0. The van der Waals surface area contributed by atoms with E-state index >= 15 is 0 Å². The van der Waals surface area contributed by atoms with Crippen LogP contribution < -0.4 is 0 Å². The lowest BCUT2D eigenvalue weighted by Gasteiger charge is -2.29. The fourth-order valence-corrected chi connectivity index (χ4v) is 4.54. The highest BCUT2D eigenvalue weighted by Crippen LogP contribution is 2.43. The average Bonchev–Trinajstić information content (AvgIpc) is 3.40. The third-order valence-corrected chi connectivity index (χ3v) is 5.86. The Balaban J connectivity index is 0.00000192. The molecule has 144 valence electrons. The van der Waals surface area contributed by atoms with Crippen molar-refractivity contribution in [3.63, 3.8) is 0 Å². The third-order valence-electron chi connectivity index (χ3n) is 5.86. The highest BCUT2D eigenvalue weighted by molar-refractivity contribution is 5.89. The Morgan fingerprint density at radius 1 is 0.964 bits per heavy atom. The number of hydrogen-bond donors (Lipinski definition) is 0. The van der Waals surface area contributed by atoms with Crippen LogP contribution in [0.15, 0.2) is 85.2 Å². The molecule has 0 N–H and O–H groups in total. The smallest absolute Gasteiger partial charge is 0.321 e. The Morgan fingerprint density at radius 3 is 2.25 bits per heavy atom. The summed E-state index contributed by atoms with van der Waals surface area (Å²) in [6, 6.07) is 20.1. The zero-order valence-corrected chi connectivity index (χ0v) is 16.3. The second-order valence-electron chi connectivity index (χ2n) is 7.40. The van der Waals surface area contributed by atoms with Crippen molar-refractivity contribution in [1.29, 1.82) is 0 Å². The second-order valence-corrected chi connectivity index (χ2v) is 7.40. The molecule has 0 bridgehead atoms. The normalized spacial score (nSPS) is 24.2. The van der Waals surface area contributed by atoms with Crippen molar-refractivity contribution in [2.45, 2.75) is 24.1 Å². The van der Waals surface area contributed by atoms with Crippen molar-refractivity contribution in [2.24, 2.45) is 0 Å². The quantitative estimate of drug-likeness (QED) is 0.584. The second kappa shape index (κ2) is 7.36. The minimum atomic E-state index is -0.734. The molecule has 3 aliphatic heterocycles. The van der Waals surface area contributed by atoms with Crippen molar-refractivity contribution in [3.05, 3.63) is 96.3 Å². The van der Waals surface area contributed by atoms with Gasteiger partial charge in [-0.05, 0) is 17.2 Å². The Labute approximate surface area is 171 Å². The summed E-state index contributed by atoms with van der Waals surface area (Å²) in [5.41, 5.74) is 1.27. The van der Waals surface area contributed by atoms with E-state index in [4.69, 9.17) is 4.74 Å². The minimum Gasteiger partial charge on any atom is -0.460 e. The third kappa shape index (κ3) is 2.89. The van der Waals surface area contributed by atoms with Gasteiger partial charge in [-0.3, -0.25) is 4.79 Å². The lowest BCUT2D eigenvalue weighted by molar-refractivity contribution is -0.145. The summed E-state index contributed by atoms with van der Waals surface area (Å²) in [6.45, 7) is 1.65. The number of esters is 1. The molecule has 3 aliphatic rings. The van der Waals surface area contributed by atoms with Crippen LogP contribution in [0.25, 0.3) is 0 Å². The Bertz CT molecular complexity index is 858. The Morgan fingerprint density at radius 2 is 1.61 bits per heavy atom. The van der Waals surface area contributed by atoms with E-state index in [9.17, 15) is 4.79 Å². The topological polar surface area (TPSA) is 32.8 Å². The molecule has 3 heterocycles. The molecule has 5 rings (SSSR count). The fourth-order valence-electron chi connectivity index (χ4n) is 4.54. The van der Waals surface area contributed by atoms with Gasteiger partial charge in [0.1, 0.15) is 17.7 Å². The number of fused-ring (bicyclic) bond motifs is 1. The SMILES string of the molecule is Cl.O=C1OC(CN2C=CN3CC=CC32)CC1(c1ccccc1)c1ccccc1. The van der Waals surface area contributed by atoms with E-state index in [1.807, 2.05) is 60.7 Å². The number of ether oxygens (including phenoxy) is 1. The first-order valence-corrected chi connectivity index (χ1v) is 9.46. The molecular weight excluding hydrogens is 372 g/mol. The average molecular weight is 395 g/mol. The molecule has 1 saturated heterocycles. The van der Waals surface area contributed by atoms with E-state index in [0.717, 1.165) is 17.7 Å². The molecule has 2 atom stereocenters. The van der Waals surface area contributed by atoms with Crippen molar-refractivity contribution >= 4 is 18.4 Å². The van der Waals surface area contributed by atoms with Crippen molar-refractivity contribution < 1.29 is 9.53 Å². The largest absolute Gasteiger partial charge is 0.460 e. The highest BCUT2D eigenvalue weighted by atomic mass is 35.5. The summed E-state index contributed by atoms with van der Waals surface area (Å²) in [5.74, 6) is -0.146. The number of rotatable bonds is 4. The first-order valence-electron chi connectivity index (χ1n) is 9.46. The van der Waals surface area contributed by atoms with Gasteiger partial charge in [-0.15, -0.1) is 12.4 Å². The summed E-state index contributed by atoms with van der Waals surface area (Å²) in [5, 5.41) is 0. The first kappa shape index (κ1) is 18.6. The molecule has 2 aromatic rings. The van der Waals surface area contributed by atoms with Gasteiger partial charge in [0, 0.05) is 25.4 Å². The molecule has 1 fully saturated rings. The molecule has 0 spiro atoms. The fraction of sp³-hybridized carbons (Fsp3) is 0.261. The predicted octanol–water partition coefficient (Wildman–Crippen LogP) is 3.69.